The molecule has 0 aliphatic rings. The molecule has 1 aromatic carbocycles. The normalized spacial score (nSPS) is 13.0. The molecule has 0 atom stereocenters. The lowest BCUT2D eigenvalue weighted by atomic mass is 9.94. The third-order valence-corrected chi connectivity index (χ3v) is 3.68. The second kappa shape index (κ2) is 9.06. The highest BCUT2D eigenvalue weighted by Crippen LogP contribution is 2.30. The number of hydrogen-bond donors (Lipinski definition) is 2. The molecule has 0 aromatic heterocycles. The minimum absolute atomic E-state index is 0.113. The monoisotopic (exact) mass is 346 g/mol. The molecule has 0 amide bonds. The van der Waals surface area contributed by atoms with Gasteiger partial charge in [0, 0.05) is 0 Å². The molecule has 0 radical (unpaired) electrons. The van der Waals surface area contributed by atoms with E-state index in [1.807, 2.05) is 6.92 Å². The second-order valence-electron chi connectivity index (χ2n) is 5.98. The van der Waals surface area contributed by atoms with Crippen LogP contribution >= 0.6 is 0 Å². The Morgan fingerprint density at radius 3 is 1.64 bits per heavy atom. The average molecular weight is 346 g/mol. The SMILES string of the molecule is CCCCOc1cc(/C(C(C)=O)=C(\C)O)cc(/C(C(C)=O)=C(\C)O)c1. The molecule has 0 aliphatic heterocycles. The molecule has 0 saturated carbocycles. The molecule has 0 saturated heterocycles. The van der Waals surface area contributed by atoms with Crippen molar-refractivity contribution in [3.63, 3.8) is 0 Å². The zero-order valence-corrected chi connectivity index (χ0v) is 15.5. The van der Waals surface area contributed by atoms with Crippen LogP contribution in [-0.2, 0) is 9.59 Å². The number of hydrogen-bond acceptors (Lipinski definition) is 5. The average Bonchev–Trinajstić information content (AvgIpc) is 2.45. The molecule has 0 bridgehead atoms. The van der Waals surface area contributed by atoms with E-state index >= 15 is 0 Å². The van der Waals surface area contributed by atoms with E-state index in [4.69, 9.17) is 4.74 Å². The Hall–Kier alpha value is -2.56. The fourth-order valence-corrected chi connectivity index (χ4v) is 2.64. The predicted octanol–water partition coefficient (Wildman–Crippen LogP) is 4.62. The van der Waals surface area contributed by atoms with E-state index in [0.29, 0.717) is 23.5 Å². The predicted molar refractivity (Wildman–Crippen MR) is 98.7 cm³/mol. The van der Waals surface area contributed by atoms with Crippen LogP contribution in [-0.4, -0.2) is 28.4 Å². The Bertz CT molecular complexity index is 663. The van der Waals surface area contributed by atoms with Gasteiger partial charge in [-0.1, -0.05) is 13.3 Å². The number of ketones is 2. The van der Waals surface area contributed by atoms with E-state index in [1.165, 1.54) is 27.7 Å². The number of benzene rings is 1. The Morgan fingerprint density at radius 1 is 0.880 bits per heavy atom. The van der Waals surface area contributed by atoms with Gasteiger partial charge in [-0.2, -0.15) is 0 Å². The molecular weight excluding hydrogens is 320 g/mol. The molecule has 0 spiro atoms. The first-order valence-electron chi connectivity index (χ1n) is 8.29. The number of ether oxygens (including phenoxy) is 1. The van der Waals surface area contributed by atoms with Crippen LogP contribution in [0.1, 0.15) is 58.6 Å². The lowest BCUT2D eigenvalue weighted by Crippen LogP contribution is -2.05. The summed E-state index contributed by atoms with van der Waals surface area (Å²) >= 11 is 0. The zero-order chi connectivity index (χ0) is 19.1. The summed E-state index contributed by atoms with van der Waals surface area (Å²) in [7, 11) is 0. The Labute approximate surface area is 148 Å². The highest BCUT2D eigenvalue weighted by molar-refractivity contribution is 6.22. The standard InChI is InChI=1S/C20H26O5/c1-6-7-8-25-18-10-16(19(12(2)21)13(3)22)9-17(11-18)20(14(4)23)15(5)24/h9-11,21,23H,6-8H2,1-5H3/b19-12+,20-14+. The lowest BCUT2D eigenvalue weighted by molar-refractivity contribution is -0.112. The topological polar surface area (TPSA) is 83.8 Å². The van der Waals surface area contributed by atoms with Crippen molar-refractivity contribution in [1.82, 2.24) is 0 Å². The third-order valence-electron chi connectivity index (χ3n) is 3.68. The Kier molecular flexibility index (Phi) is 7.43. The smallest absolute Gasteiger partial charge is 0.163 e. The van der Waals surface area contributed by atoms with Gasteiger partial charge in [-0.25, -0.2) is 0 Å². The number of carbonyl (C=O) groups is 2. The maximum Gasteiger partial charge on any atom is 0.163 e. The third kappa shape index (κ3) is 5.48. The van der Waals surface area contributed by atoms with Crippen molar-refractivity contribution >= 4 is 22.7 Å². The quantitative estimate of drug-likeness (QED) is 0.407. The molecule has 0 fully saturated rings. The van der Waals surface area contributed by atoms with Gasteiger partial charge in [-0.15, -0.1) is 0 Å². The van der Waals surface area contributed by atoms with E-state index in [2.05, 4.69) is 0 Å². The van der Waals surface area contributed by atoms with Crippen molar-refractivity contribution in [3.8, 4) is 5.75 Å². The van der Waals surface area contributed by atoms with Crippen molar-refractivity contribution in [2.75, 3.05) is 6.61 Å². The maximum atomic E-state index is 11.9. The van der Waals surface area contributed by atoms with Crippen molar-refractivity contribution in [2.45, 2.75) is 47.5 Å². The molecule has 25 heavy (non-hydrogen) atoms. The van der Waals surface area contributed by atoms with Crippen LogP contribution in [0.4, 0.5) is 0 Å². The fourth-order valence-electron chi connectivity index (χ4n) is 2.64. The van der Waals surface area contributed by atoms with E-state index in [0.717, 1.165) is 12.8 Å². The van der Waals surface area contributed by atoms with Crippen molar-refractivity contribution < 1.29 is 24.5 Å². The summed E-state index contributed by atoms with van der Waals surface area (Å²) in [5.41, 5.74) is 1.19. The first-order valence-corrected chi connectivity index (χ1v) is 8.29. The van der Waals surface area contributed by atoms with E-state index < -0.39 is 0 Å². The van der Waals surface area contributed by atoms with E-state index in [-0.39, 0.29) is 34.2 Å². The summed E-state index contributed by atoms with van der Waals surface area (Å²) in [4.78, 5) is 23.8. The number of aliphatic hydroxyl groups excluding tert-OH is 2. The van der Waals surface area contributed by atoms with Crippen LogP contribution in [0.15, 0.2) is 29.7 Å². The fraction of sp³-hybridized carbons (Fsp3) is 0.400. The molecule has 1 aromatic rings. The summed E-state index contributed by atoms with van der Waals surface area (Å²) in [6.45, 7) is 8.12. The number of unbranched alkanes of at least 4 members (excludes halogenated alkanes) is 1. The highest BCUT2D eigenvalue weighted by atomic mass is 16.5. The van der Waals surface area contributed by atoms with E-state index in [1.54, 1.807) is 18.2 Å². The zero-order valence-electron chi connectivity index (χ0n) is 15.5. The number of allylic oxidation sites excluding steroid dienone is 4. The summed E-state index contributed by atoms with van der Waals surface area (Å²) in [5, 5.41) is 19.8. The van der Waals surface area contributed by atoms with Crippen LogP contribution < -0.4 is 4.74 Å². The van der Waals surface area contributed by atoms with Gasteiger partial charge in [0.15, 0.2) is 11.6 Å². The van der Waals surface area contributed by atoms with Crippen molar-refractivity contribution in [1.29, 1.82) is 0 Å². The first kappa shape index (κ1) is 20.5. The van der Waals surface area contributed by atoms with Crippen LogP contribution in [0.2, 0.25) is 0 Å². The van der Waals surface area contributed by atoms with Gasteiger partial charge in [0.1, 0.15) is 17.3 Å². The Balaban J connectivity index is 3.58. The molecule has 5 nitrogen and oxygen atoms in total. The molecular formula is C20H26O5. The van der Waals surface area contributed by atoms with Gasteiger partial charge in [0.25, 0.3) is 0 Å². The van der Waals surface area contributed by atoms with Crippen molar-refractivity contribution in [3.05, 3.63) is 40.8 Å². The minimum atomic E-state index is -0.300. The number of aliphatic hydroxyl groups is 2. The molecule has 1 rings (SSSR count). The van der Waals surface area contributed by atoms with Crippen LogP contribution in [0.25, 0.3) is 11.1 Å². The van der Waals surface area contributed by atoms with Crippen LogP contribution in [0.5, 0.6) is 5.75 Å². The minimum Gasteiger partial charge on any atom is -0.512 e. The lowest BCUT2D eigenvalue weighted by Gasteiger charge is -2.14. The number of carbonyl (C=O) groups excluding carboxylic acids is 2. The highest BCUT2D eigenvalue weighted by Gasteiger charge is 2.18. The number of rotatable bonds is 8. The molecule has 0 unspecified atom stereocenters. The Morgan fingerprint density at radius 2 is 1.32 bits per heavy atom. The summed E-state index contributed by atoms with van der Waals surface area (Å²) < 4.78 is 5.72. The molecule has 0 heterocycles. The van der Waals surface area contributed by atoms with Gasteiger partial charge in [0.2, 0.25) is 0 Å². The number of Topliss-reactive ketones (excluding diaryl/α,β-unsaturated/α-hetero) is 2. The summed E-state index contributed by atoms with van der Waals surface area (Å²) in [6, 6.07) is 4.90. The molecule has 0 aliphatic carbocycles. The molecule has 136 valence electrons. The van der Waals surface area contributed by atoms with Gasteiger partial charge in [0.05, 0.1) is 17.8 Å². The van der Waals surface area contributed by atoms with Crippen molar-refractivity contribution in [2.24, 2.45) is 0 Å². The van der Waals surface area contributed by atoms with Gasteiger partial charge in [-0.3, -0.25) is 9.59 Å². The van der Waals surface area contributed by atoms with Crippen LogP contribution in [0, 0.1) is 0 Å². The van der Waals surface area contributed by atoms with E-state index in [9.17, 15) is 19.8 Å². The van der Waals surface area contributed by atoms with Gasteiger partial charge >= 0.3 is 0 Å². The largest absolute Gasteiger partial charge is 0.512 e. The second-order valence-corrected chi connectivity index (χ2v) is 5.98. The summed E-state index contributed by atoms with van der Waals surface area (Å²) in [5.74, 6) is -0.353. The first-order chi connectivity index (χ1) is 11.7. The molecule has 2 N–H and O–H groups in total. The van der Waals surface area contributed by atoms with Crippen LogP contribution in [0.3, 0.4) is 0 Å². The summed E-state index contributed by atoms with van der Waals surface area (Å²) in [6.07, 6.45) is 1.83. The van der Waals surface area contributed by atoms with Gasteiger partial charge < -0.3 is 14.9 Å². The maximum absolute atomic E-state index is 11.9. The molecule has 5 heteroatoms. The van der Waals surface area contributed by atoms with Gasteiger partial charge in [-0.05, 0) is 63.4 Å².